The number of ketones is 2. The molecule has 0 heterocycles. The van der Waals surface area contributed by atoms with Crippen LogP contribution in [0.25, 0.3) is 0 Å². The number of esters is 1. The van der Waals surface area contributed by atoms with Crippen LogP contribution in [-0.2, 0) is 19.1 Å². The molecule has 1 rings (SSSR count). The Morgan fingerprint density at radius 1 is 1.35 bits per heavy atom. The Kier molecular flexibility index (Phi) is 4.85. The molecule has 17 heavy (non-hydrogen) atoms. The van der Waals surface area contributed by atoms with Crippen LogP contribution in [-0.4, -0.2) is 24.6 Å². The van der Waals surface area contributed by atoms with E-state index < -0.39 is 17.8 Å². The van der Waals surface area contributed by atoms with Gasteiger partial charge in [-0.25, -0.2) is 0 Å². The summed E-state index contributed by atoms with van der Waals surface area (Å²) in [5, 5.41) is 0. The highest BCUT2D eigenvalue weighted by atomic mass is 16.5. The van der Waals surface area contributed by atoms with Crippen LogP contribution in [0.1, 0.15) is 39.5 Å². The largest absolute Gasteiger partial charge is 0.468 e. The molecule has 0 spiro atoms. The lowest BCUT2D eigenvalue weighted by molar-refractivity contribution is -0.157. The number of methoxy groups -OCH3 is 1. The molecule has 4 heteroatoms. The van der Waals surface area contributed by atoms with Crippen LogP contribution in [0.2, 0.25) is 0 Å². The van der Waals surface area contributed by atoms with Gasteiger partial charge in [-0.3, -0.25) is 14.4 Å². The maximum atomic E-state index is 12.1. The van der Waals surface area contributed by atoms with Crippen LogP contribution < -0.4 is 0 Å². The zero-order valence-electron chi connectivity index (χ0n) is 10.7. The number of hydrogen-bond donors (Lipinski definition) is 0. The lowest BCUT2D eigenvalue weighted by atomic mass is 9.70. The second kappa shape index (κ2) is 5.94. The first kappa shape index (κ1) is 13.9. The number of ether oxygens (including phenoxy) is 1. The molecule has 0 saturated heterocycles. The van der Waals surface area contributed by atoms with E-state index >= 15 is 0 Å². The van der Waals surface area contributed by atoms with Gasteiger partial charge < -0.3 is 4.74 Å². The molecule has 1 aliphatic carbocycles. The quantitative estimate of drug-likeness (QED) is 0.555. The van der Waals surface area contributed by atoms with Crippen molar-refractivity contribution < 1.29 is 19.1 Å². The minimum absolute atomic E-state index is 0.0175. The molecule has 3 atom stereocenters. The maximum Gasteiger partial charge on any atom is 0.316 e. The Morgan fingerprint density at radius 2 is 2.00 bits per heavy atom. The Balaban J connectivity index is 2.96. The van der Waals surface area contributed by atoms with Crippen LogP contribution in [0.5, 0.6) is 0 Å². The van der Waals surface area contributed by atoms with Crippen molar-refractivity contribution >= 4 is 17.5 Å². The van der Waals surface area contributed by atoms with E-state index in [2.05, 4.69) is 0 Å². The van der Waals surface area contributed by atoms with Crippen LogP contribution in [0, 0.1) is 17.8 Å². The van der Waals surface area contributed by atoms with E-state index in [1.807, 2.05) is 6.92 Å². The summed E-state index contributed by atoms with van der Waals surface area (Å²) < 4.78 is 4.69. The average Bonchev–Trinajstić information content (AvgIpc) is 2.29. The predicted molar refractivity (Wildman–Crippen MR) is 62.3 cm³/mol. The smallest absolute Gasteiger partial charge is 0.316 e. The summed E-state index contributed by atoms with van der Waals surface area (Å²) in [6.45, 7) is 3.78. The molecule has 0 aromatic heterocycles. The summed E-state index contributed by atoms with van der Waals surface area (Å²) in [6, 6.07) is 0. The Bertz CT molecular complexity index is 321. The molecule has 0 aromatic rings. The lowest BCUT2D eigenvalue weighted by Gasteiger charge is -2.31. The second-order valence-corrected chi connectivity index (χ2v) is 4.58. The normalized spacial score (nSPS) is 29.2. The van der Waals surface area contributed by atoms with Gasteiger partial charge in [0.25, 0.3) is 0 Å². The van der Waals surface area contributed by atoms with Crippen molar-refractivity contribution in [3.8, 4) is 0 Å². The highest BCUT2D eigenvalue weighted by Gasteiger charge is 2.45. The van der Waals surface area contributed by atoms with Crippen molar-refractivity contribution in [1.82, 2.24) is 0 Å². The summed E-state index contributed by atoms with van der Waals surface area (Å²) >= 11 is 0. The number of carbonyl (C=O) groups excluding carboxylic acids is 3. The van der Waals surface area contributed by atoms with E-state index in [-0.39, 0.29) is 17.5 Å². The van der Waals surface area contributed by atoms with Crippen molar-refractivity contribution in [2.24, 2.45) is 17.8 Å². The van der Waals surface area contributed by atoms with Gasteiger partial charge in [-0.2, -0.15) is 0 Å². The molecule has 0 aromatic carbocycles. The van der Waals surface area contributed by atoms with Crippen molar-refractivity contribution in [3.63, 3.8) is 0 Å². The summed E-state index contributed by atoms with van der Waals surface area (Å²) in [6.07, 6.45) is 2.38. The van der Waals surface area contributed by atoms with Crippen LogP contribution in [0.4, 0.5) is 0 Å². The van der Waals surface area contributed by atoms with E-state index in [0.717, 1.165) is 6.42 Å². The molecule has 1 aliphatic rings. The van der Waals surface area contributed by atoms with E-state index in [1.165, 1.54) is 7.11 Å². The molecule has 0 aliphatic heterocycles. The Hall–Kier alpha value is -1.19. The zero-order valence-corrected chi connectivity index (χ0v) is 10.7. The molecule has 0 bridgehead atoms. The standard InChI is InChI=1S/C13H20O4/c1-4-6-8-7-10(14)9(5-2)12(15)11(8)13(16)17-3/h8-9,11H,4-7H2,1-3H3. The molecule has 0 amide bonds. The van der Waals surface area contributed by atoms with Crippen LogP contribution in [0.15, 0.2) is 0 Å². The van der Waals surface area contributed by atoms with Crippen molar-refractivity contribution in [2.75, 3.05) is 7.11 Å². The minimum Gasteiger partial charge on any atom is -0.468 e. The molecule has 1 fully saturated rings. The van der Waals surface area contributed by atoms with Gasteiger partial charge in [-0.05, 0) is 18.8 Å². The zero-order chi connectivity index (χ0) is 13.0. The molecular weight excluding hydrogens is 220 g/mol. The highest BCUT2D eigenvalue weighted by molar-refractivity contribution is 6.12. The third kappa shape index (κ3) is 2.73. The fourth-order valence-corrected chi connectivity index (χ4v) is 2.63. The van der Waals surface area contributed by atoms with Gasteiger partial charge in [-0.15, -0.1) is 0 Å². The summed E-state index contributed by atoms with van der Waals surface area (Å²) in [7, 11) is 1.29. The van der Waals surface area contributed by atoms with Crippen molar-refractivity contribution in [3.05, 3.63) is 0 Å². The molecule has 96 valence electrons. The third-order valence-corrected chi connectivity index (χ3v) is 3.50. The Labute approximate surface area is 102 Å². The number of carbonyl (C=O) groups is 3. The van der Waals surface area contributed by atoms with E-state index in [1.54, 1.807) is 6.92 Å². The maximum absolute atomic E-state index is 12.1. The fourth-order valence-electron chi connectivity index (χ4n) is 2.63. The van der Waals surface area contributed by atoms with E-state index in [9.17, 15) is 14.4 Å². The van der Waals surface area contributed by atoms with Crippen molar-refractivity contribution in [1.29, 1.82) is 0 Å². The minimum atomic E-state index is -0.734. The second-order valence-electron chi connectivity index (χ2n) is 4.58. The first-order chi connectivity index (χ1) is 8.06. The SMILES string of the molecule is CCCC1CC(=O)C(CC)C(=O)C1C(=O)OC. The molecule has 1 saturated carbocycles. The fraction of sp³-hybridized carbons (Fsp3) is 0.769. The lowest BCUT2D eigenvalue weighted by Crippen LogP contribution is -2.45. The number of rotatable bonds is 4. The molecule has 4 nitrogen and oxygen atoms in total. The van der Waals surface area contributed by atoms with Gasteiger partial charge in [0.2, 0.25) is 0 Å². The van der Waals surface area contributed by atoms with E-state index in [0.29, 0.717) is 19.3 Å². The summed E-state index contributed by atoms with van der Waals surface area (Å²) in [5.74, 6) is -2.25. The van der Waals surface area contributed by atoms with Gasteiger partial charge in [0.05, 0.1) is 13.0 Å². The first-order valence-electron chi connectivity index (χ1n) is 6.21. The van der Waals surface area contributed by atoms with Gasteiger partial charge in [0.15, 0.2) is 5.78 Å². The molecule has 0 radical (unpaired) electrons. The summed E-state index contributed by atoms with van der Waals surface area (Å²) in [5.41, 5.74) is 0. The first-order valence-corrected chi connectivity index (χ1v) is 6.21. The third-order valence-electron chi connectivity index (χ3n) is 3.50. The van der Waals surface area contributed by atoms with Gasteiger partial charge in [0.1, 0.15) is 11.7 Å². The molecule has 3 unspecified atom stereocenters. The topological polar surface area (TPSA) is 60.4 Å². The number of Topliss-reactive ketones (excluding diaryl/α,β-unsaturated/α-hetero) is 2. The van der Waals surface area contributed by atoms with Crippen molar-refractivity contribution in [2.45, 2.75) is 39.5 Å². The van der Waals surface area contributed by atoms with Crippen LogP contribution in [0.3, 0.4) is 0 Å². The van der Waals surface area contributed by atoms with Gasteiger partial charge in [0, 0.05) is 6.42 Å². The number of hydrogen-bond acceptors (Lipinski definition) is 4. The monoisotopic (exact) mass is 240 g/mol. The van der Waals surface area contributed by atoms with Gasteiger partial charge >= 0.3 is 5.97 Å². The molecular formula is C13H20O4. The average molecular weight is 240 g/mol. The summed E-state index contributed by atoms with van der Waals surface area (Å²) in [4.78, 5) is 35.6. The van der Waals surface area contributed by atoms with Gasteiger partial charge in [-0.1, -0.05) is 20.3 Å². The van der Waals surface area contributed by atoms with E-state index in [4.69, 9.17) is 4.74 Å². The van der Waals surface area contributed by atoms with Crippen LogP contribution >= 0.6 is 0 Å². The highest BCUT2D eigenvalue weighted by Crippen LogP contribution is 2.34. The molecule has 0 N–H and O–H groups in total. The Morgan fingerprint density at radius 3 is 2.47 bits per heavy atom. The predicted octanol–water partition coefficient (Wildman–Crippen LogP) is 1.76.